The number of ketones is 1. The fourth-order valence-corrected chi connectivity index (χ4v) is 2.77. The number of hydrogen-bond acceptors (Lipinski definition) is 5. The molecule has 0 spiro atoms. The van der Waals surface area contributed by atoms with E-state index in [1.807, 2.05) is 24.3 Å². The molecule has 0 aliphatic heterocycles. The van der Waals surface area contributed by atoms with Gasteiger partial charge in [0.15, 0.2) is 5.78 Å². The quantitative estimate of drug-likeness (QED) is 0.601. The van der Waals surface area contributed by atoms with Crippen molar-refractivity contribution in [1.82, 2.24) is 9.97 Å². The van der Waals surface area contributed by atoms with Crippen molar-refractivity contribution in [3.63, 3.8) is 0 Å². The number of nitrogens with one attached hydrogen (secondary N) is 2. The predicted octanol–water partition coefficient (Wildman–Crippen LogP) is 4.51. The highest BCUT2D eigenvalue weighted by molar-refractivity contribution is 6.31. The molecule has 6 nitrogen and oxygen atoms in total. The molecule has 0 bridgehead atoms. The molecular weight excluding hydrogens is 376 g/mol. The molecule has 28 heavy (non-hydrogen) atoms. The zero-order valence-electron chi connectivity index (χ0n) is 15.5. The van der Waals surface area contributed by atoms with E-state index in [1.54, 1.807) is 37.3 Å². The van der Waals surface area contributed by atoms with Crippen LogP contribution in [0.3, 0.4) is 0 Å². The Morgan fingerprint density at radius 1 is 1.04 bits per heavy atom. The average Bonchev–Trinajstić information content (AvgIpc) is 2.67. The van der Waals surface area contributed by atoms with Crippen LogP contribution in [0.5, 0.6) is 0 Å². The van der Waals surface area contributed by atoms with Crippen LogP contribution in [0.4, 0.5) is 11.6 Å². The minimum Gasteiger partial charge on any atom is -0.350 e. The highest BCUT2D eigenvalue weighted by Crippen LogP contribution is 2.17. The molecule has 0 radical (unpaired) electrons. The Bertz CT molecular complexity index is 1020. The third-order valence-electron chi connectivity index (χ3n) is 4.03. The second kappa shape index (κ2) is 8.63. The van der Waals surface area contributed by atoms with Crippen molar-refractivity contribution in [2.45, 2.75) is 20.4 Å². The largest absolute Gasteiger partial charge is 0.350 e. The standard InChI is InChI=1S/C21H19ClN4O2/c1-13-11-19(20(28)25-17-9-7-15(8-10-17)14(2)27)26-21(24-13)23-12-16-5-3-4-6-18(16)22/h3-11H,12H2,1-2H3,(H,25,28)(H,23,24,26). The zero-order valence-corrected chi connectivity index (χ0v) is 16.2. The summed E-state index contributed by atoms with van der Waals surface area (Å²) in [5.41, 5.74) is 2.98. The minimum atomic E-state index is -0.359. The molecule has 7 heteroatoms. The number of Topliss-reactive ketones (excluding diaryl/α,β-unsaturated/α-hetero) is 1. The van der Waals surface area contributed by atoms with Gasteiger partial charge in [0.2, 0.25) is 5.95 Å². The molecule has 0 aliphatic carbocycles. The Labute approximate surface area is 168 Å². The molecule has 0 atom stereocenters. The maximum absolute atomic E-state index is 12.5. The number of nitrogens with zero attached hydrogens (tertiary/aromatic N) is 2. The zero-order chi connectivity index (χ0) is 20.1. The highest BCUT2D eigenvalue weighted by atomic mass is 35.5. The van der Waals surface area contributed by atoms with Gasteiger partial charge in [-0.15, -0.1) is 0 Å². The van der Waals surface area contributed by atoms with Gasteiger partial charge in [-0.1, -0.05) is 29.8 Å². The molecule has 3 aromatic rings. The maximum atomic E-state index is 12.5. The number of rotatable bonds is 6. The van der Waals surface area contributed by atoms with Gasteiger partial charge >= 0.3 is 0 Å². The van der Waals surface area contributed by atoms with Crippen LogP contribution in [0.1, 0.15) is 39.0 Å². The number of carbonyl (C=O) groups excluding carboxylic acids is 2. The Hall–Kier alpha value is -3.25. The summed E-state index contributed by atoms with van der Waals surface area (Å²) < 4.78 is 0. The number of hydrogen-bond donors (Lipinski definition) is 2. The van der Waals surface area contributed by atoms with Crippen LogP contribution >= 0.6 is 11.6 Å². The van der Waals surface area contributed by atoms with Gasteiger partial charge in [0.05, 0.1) is 0 Å². The van der Waals surface area contributed by atoms with Crippen LogP contribution in [-0.2, 0) is 6.54 Å². The van der Waals surface area contributed by atoms with Gasteiger partial charge in [0, 0.05) is 28.5 Å². The molecular formula is C21H19ClN4O2. The van der Waals surface area contributed by atoms with E-state index in [9.17, 15) is 9.59 Å². The lowest BCUT2D eigenvalue weighted by Crippen LogP contribution is -2.16. The topological polar surface area (TPSA) is 84.0 Å². The molecule has 0 aliphatic rings. The second-order valence-electron chi connectivity index (χ2n) is 6.25. The summed E-state index contributed by atoms with van der Waals surface area (Å²) >= 11 is 6.16. The first-order valence-corrected chi connectivity index (χ1v) is 9.05. The van der Waals surface area contributed by atoms with Crippen molar-refractivity contribution in [2.24, 2.45) is 0 Å². The summed E-state index contributed by atoms with van der Waals surface area (Å²) in [6.07, 6.45) is 0. The first kappa shape index (κ1) is 19.5. The van der Waals surface area contributed by atoms with E-state index >= 15 is 0 Å². The van der Waals surface area contributed by atoms with Crippen molar-refractivity contribution in [3.05, 3.63) is 82.1 Å². The molecule has 2 aromatic carbocycles. The van der Waals surface area contributed by atoms with Crippen molar-refractivity contribution in [3.8, 4) is 0 Å². The number of aromatic nitrogens is 2. The second-order valence-corrected chi connectivity index (χ2v) is 6.66. The van der Waals surface area contributed by atoms with Crippen LogP contribution < -0.4 is 10.6 Å². The average molecular weight is 395 g/mol. The number of halogens is 1. The third kappa shape index (κ3) is 4.92. The minimum absolute atomic E-state index is 0.0291. The fraction of sp³-hybridized carbons (Fsp3) is 0.143. The van der Waals surface area contributed by atoms with Gasteiger partial charge < -0.3 is 10.6 Å². The van der Waals surface area contributed by atoms with E-state index in [4.69, 9.17) is 11.6 Å². The van der Waals surface area contributed by atoms with Crippen molar-refractivity contribution in [1.29, 1.82) is 0 Å². The van der Waals surface area contributed by atoms with Crippen LogP contribution in [0.15, 0.2) is 54.6 Å². The summed E-state index contributed by atoms with van der Waals surface area (Å²) in [5.74, 6) is -0.0441. The monoisotopic (exact) mass is 394 g/mol. The van der Waals surface area contributed by atoms with E-state index in [2.05, 4.69) is 20.6 Å². The summed E-state index contributed by atoms with van der Waals surface area (Å²) in [6, 6.07) is 15.8. The maximum Gasteiger partial charge on any atom is 0.274 e. The highest BCUT2D eigenvalue weighted by Gasteiger charge is 2.12. The summed E-state index contributed by atoms with van der Waals surface area (Å²) in [7, 11) is 0. The molecule has 1 aromatic heterocycles. The van der Waals surface area contributed by atoms with Gasteiger partial charge in [0.25, 0.3) is 5.91 Å². The molecule has 0 saturated heterocycles. The van der Waals surface area contributed by atoms with Crippen LogP contribution in [-0.4, -0.2) is 21.7 Å². The lowest BCUT2D eigenvalue weighted by Gasteiger charge is -2.10. The number of amides is 1. The first-order chi connectivity index (χ1) is 13.4. The van der Waals surface area contributed by atoms with E-state index in [-0.39, 0.29) is 17.4 Å². The van der Waals surface area contributed by atoms with Crippen LogP contribution in [0.2, 0.25) is 5.02 Å². The van der Waals surface area contributed by atoms with Gasteiger partial charge in [-0.2, -0.15) is 0 Å². The molecule has 3 rings (SSSR count). The Morgan fingerprint density at radius 2 is 1.75 bits per heavy atom. The molecule has 1 heterocycles. The van der Waals surface area contributed by atoms with E-state index < -0.39 is 0 Å². The summed E-state index contributed by atoms with van der Waals surface area (Å²) in [4.78, 5) is 32.5. The van der Waals surface area contributed by atoms with E-state index in [0.717, 1.165) is 5.56 Å². The lowest BCUT2D eigenvalue weighted by atomic mass is 10.1. The smallest absolute Gasteiger partial charge is 0.274 e. The van der Waals surface area contributed by atoms with Crippen molar-refractivity contribution in [2.75, 3.05) is 10.6 Å². The predicted molar refractivity (Wildman–Crippen MR) is 110 cm³/mol. The first-order valence-electron chi connectivity index (χ1n) is 8.67. The third-order valence-corrected chi connectivity index (χ3v) is 4.40. The summed E-state index contributed by atoms with van der Waals surface area (Å²) in [6.45, 7) is 3.73. The van der Waals surface area contributed by atoms with Gasteiger partial charge in [0.1, 0.15) is 5.69 Å². The van der Waals surface area contributed by atoms with E-state index in [1.165, 1.54) is 6.92 Å². The normalized spacial score (nSPS) is 10.4. The van der Waals surface area contributed by atoms with Gasteiger partial charge in [-0.25, -0.2) is 9.97 Å². The number of carbonyl (C=O) groups is 2. The van der Waals surface area contributed by atoms with E-state index in [0.29, 0.717) is 34.5 Å². The van der Waals surface area contributed by atoms with Crippen LogP contribution in [0.25, 0.3) is 0 Å². The number of benzene rings is 2. The molecule has 0 fully saturated rings. The molecule has 2 N–H and O–H groups in total. The molecule has 0 saturated carbocycles. The molecule has 1 amide bonds. The van der Waals surface area contributed by atoms with Crippen molar-refractivity contribution < 1.29 is 9.59 Å². The van der Waals surface area contributed by atoms with Crippen LogP contribution in [0, 0.1) is 6.92 Å². The Kier molecular flexibility index (Phi) is 6.01. The number of aryl methyl sites for hydroxylation is 1. The lowest BCUT2D eigenvalue weighted by molar-refractivity contribution is 0.101. The Morgan fingerprint density at radius 3 is 2.43 bits per heavy atom. The summed E-state index contributed by atoms with van der Waals surface area (Å²) in [5, 5.41) is 6.52. The number of anilines is 2. The van der Waals surface area contributed by atoms with Gasteiger partial charge in [-0.3, -0.25) is 9.59 Å². The SMILES string of the molecule is CC(=O)c1ccc(NC(=O)c2cc(C)nc(NCc3ccccc3Cl)n2)cc1. The van der Waals surface area contributed by atoms with Gasteiger partial charge in [-0.05, 0) is 55.8 Å². The Balaban J connectivity index is 1.72. The fourth-order valence-electron chi connectivity index (χ4n) is 2.56. The molecule has 142 valence electrons. The molecule has 0 unspecified atom stereocenters. The van der Waals surface area contributed by atoms with Crippen molar-refractivity contribution >= 4 is 34.9 Å².